The molecule has 0 aliphatic carbocycles. The predicted octanol–water partition coefficient (Wildman–Crippen LogP) is 4.79. The van der Waals surface area contributed by atoms with E-state index in [1.54, 1.807) is 48.6 Å². The SMILES string of the molecule is O=C(/C=C/C=C/c1ccccc1)C[C@@]1(O)C(=O)N(Cc2cccc(F)c2)c2ccccc21. The van der Waals surface area contributed by atoms with Gasteiger partial charge in [0.15, 0.2) is 11.4 Å². The number of para-hydroxylation sites is 1. The summed E-state index contributed by atoms with van der Waals surface area (Å²) in [4.78, 5) is 27.2. The summed E-state index contributed by atoms with van der Waals surface area (Å²) in [6, 6.07) is 22.4. The van der Waals surface area contributed by atoms with Crippen LogP contribution >= 0.6 is 0 Å². The van der Waals surface area contributed by atoms with E-state index in [4.69, 9.17) is 0 Å². The molecule has 1 amide bonds. The van der Waals surface area contributed by atoms with Gasteiger partial charge in [-0.15, -0.1) is 0 Å². The van der Waals surface area contributed by atoms with Gasteiger partial charge in [0.2, 0.25) is 0 Å². The van der Waals surface area contributed by atoms with Gasteiger partial charge in [0.05, 0.1) is 18.7 Å². The number of benzene rings is 3. The molecule has 3 aromatic rings. The van der Waals surface area contributed by atoms with Crippen molar-refractivity contribution in [1.82, 2.24) is 0 Å². The number of halogens is 1. The fourth-order valence-electron chi connectivity index (χ4n) is 3.86. The number of nitrogens with zero attached hydrogens (tertiary/aromatic N) is 1. The topological polar surface area (TPSA) is 57.6 Å². The maximum atomic E-state index is 13.6. The number of aliphatic hydroxyl groups is 1. The number of carbonyl (C=O) groups excluding carboxylic acids is 2. The third-order valence-corrected chi connectivity index (χ3v) is 5.38. The molecular formula is C27H22FNO3. The fraction of sp³-hybridized carbons (Fsp3) is 0.111. The van der Waals surface area contributed by atoms with Crippen LogP contribution in [-0.4, -0.2) is 16.8 Å². The maximum absolute atomic E-state index is 13.6. The van der Waals surface area contributed by atoms with Crippen LogP contribution in [0.2, 0.25) is 0 Å². The summed E-state index contributed by atoms with van der Waals surface area (Å²) >= 11 is 0. The highest BCUT2D eigenvalue weighted by atomic mass is 19.1. The molecule has 0 saturated carbocycles. The van der Waals surface area contributed by atoms with E-state index in [-0.39, 0.29) is 18.7 Å². The molecular weight excluding hydrogens is 405 g/mol. The second-order valence-corrected chi connectivity index (χ2v) is 7.67. The molecule has 0 fully saturated rings. The molecule has 5 heteroatoms. The standard InChI is InChI=1S/C27H22FNO3/c28-22-13-8-12-21(17-22)19-29-25-16-7-6-15-24(25)27(32,26(29)31)18-23(30)14-5-4-11-20-9-2-1-3-10-20/h1-17,32H,18-19H2/b11-4+,14-5+/t27-/m0/s1. The summed E-state index contributed by atoms with van der Waals surface area (Å²) in [6.07, 6.45) is 6.16. The average molecular weight is 427 g/mol. The highest BCUT2D eigenvalue weighted by Gasteiger charge is 2.50. The lowest BCUT2D eigenvalue weighted by Crippen LogP contribution is -2.41. The van der Waals surface area contributed by atoms with Crippen molar-refractivity contribution in [3.63, 3.8) is 0 Å². The molecule has 0 unspecified atom stereocenters. The van der Waals surface area contributed by atoms with E-state index in [2.05, 4.69) is 0 Å². The Morgan fingerprint density at radius 3 is 2.50 bits per heavy atom. The minimum absolute atomic E-state index is 0.0970. The molecule has 1 aliphatic rings. The number of anilines is 1. The van der Waals surface area contributed by atoms with E-state index in [1.807, 2.05) is 36.4 Å². The van der Waals surface area contributed by atoms with Crippen molar-refractivity contribution in [2.75, 3.05) is 4.90 Å². The fourth-order valence-corrected chi connectivity index (χ4v) is 3.86. The molecule has 4 nitrogen and oxygen atoms in total. The van der Waals surface area contributed by atoms with Gasteiger partial charge in [-0.2, -0.15) is 0 Å². The van der Waals surface area contributed by atoms with E-state index in [9.17, 15) is 19.1 Å². The summed E-state index contributed by atoms with van der Waals surface area (Å²) in [7, 11) is 0. The molecule has 1 heterocycles. The molecule has 0 saturated heterocycles. The second kappa shape index (κ2) is 9.12. The van der Waals surface area contributed by atoms with Crippen LogP contribution < -0.4 is 4.90 Å². The van der Waals surface area contributed by atoms with E-state index >= 15 is 0 Å². The first-order valence-corrected chi connectivity index (χ1v) is 10.3. The van der Waals surface area contributed by atoms with Gasteiger partial charge in [0.25, 0.3) is 5.91 Å². The van der Waals surface area contributed by atoms with Gasteiger partial charge in [-0.1, -0.05) is 78.9 Å². The summed E-state index contributed by atoms with van der Waals surface area (Å²) in [5.74, 6) is -1.37. The first-order chi connectivity index (χ1) is 15.5. The zero-order valence-electron chi connectivity index (χ0n) is 17.3. The zero-order chi connectivity index (χ0) is 22.6. The van der Waals surface area contributed by atoms with Crippen molar-refractivity contribution in [3.05, 3.63) is 120 Å². The number of rotatable bonds is 7. The predicted molar refractivity (Wildman–Crippen MR) is 122 cm³/mol. The molecule has 0 bridgehead atoms. The molecule has 32 heavy (non-hydrogen) atoms. The number of allylic oxidation sites excluding steroid dienone is 3. The lowest BCUT2D eigenvalue weighted by atomic mass is 9.90. The van der Waals surface area contributed by atoms with Crippen LogP contribution in [0.3, 0.4) is 0 Å². The number of amides is 1. The number of fused-ring (bicyclic) bond motifs is 1. The van der Waals surface area contributed by atoms with Crippen LogP contribution in [0.15, 0.2) is 97.1 Å². The van der Waals surface area contributed by atoms with Gasteiger partial charge in [-0.25, -0.2) is 4.39 Å². The van der Waals surface area contributed by atoms with Crippen molar-refractivity contribution in [1.29, 1.82) is 0 Å². The monoisotopic (exact) mass is 427 g/mol. The van der Waals surface area contributed by atoms with Crippen LogP contribution in [0.1, 0.15) is 23.1 Å². The first kappa shape index (κ1) is 21.4. The van der Waals surface area contributed by atoms with E-state index < -0.39 is 17.3 Å². The molecule has 3 aromatic carbocycles. The van der Waals surface area contributed by atoms with Crippen LogP contribution in [0, 0.1) is 5.82 Å². The molecule has 0 aromatic heterocycles. The number of hydrogen-bond donors (Lipinski definition) is 1. The third kappa shape index (κ3) is 4.43. The summed E-state index contributed by atoms with van der Waals surface area (Å²) < 4.78 is 13.6. The van der Waals surface area contributed by atoms with E-state index in [1.165, 1.54) is 23.1 Å². The maximum Gasteiger partial charge on any atom is 0.264 e. The summed E-state index contributed by atoms with van der Waals surface area (Å²) in [5, 5.41) is 11.3. The average Bonchev–Trinajstić information content (AvgIpc) is 2.99. The van der Waals surface area contributed by atoms with E-state index in [0.29, 0.717) is 16.8 Å². The van der Waals surface area contributed by atoms with Gasteiger partial charge < -0.3 is 10.0 Å². The lowest BCUT2D eigenvalue weighted by molar-refractivity contribution is -0.140. The van der Waals surface area contributed by atoms with Gasteiger partial charge >= 0.3 is 0 Å². The van der Waals surface area contributed by atoms with Gasteiger partial charge in [0.1, 0.15) is 5.82 Å². The Hall–Kier alpha value is -3.83. The van der Waals surface area contributed by atoms with Crippen LogP contribution in [0.25, 0.3) is 6.08 Å². The van der Waals surface area contributed by atoms with Crippen molar-refractivity contribution >= 4 is 23.5 Å². The molecule has 160 valence electrons. The number of hydrogen-bond acceptors (Lipinski definition) is 3. The number of ketones is 1. The van der Waals surface area contributed by atoms with Crippen molar-refractivity contribution in [3.8, 4) is 0 Å². The van der Waals surface area contributed by atoms with Crippen molar-refractivity contribution < 1.29 is 19.1 Å². The second-order valence-electron chi connectivity index (χ2n) is 7.67. The van der Waals surface area contributed by atoms with Crippen molar-refractivity contribution in [2.45, 2.75) is 18.6 Å². The Balaban J connectivity index is 1.52. The minimum Gasteiger partial charge on any atom is -0.375 e. The molecule has 0 radical (unpaired) electrons. The normalized spacial score (nSPS) is 17.9. The third-order valence-electron chi connectivity index (χ3n) is 5.38. The van der Waals surface area contributed by atoms with Gasteiger partial charge in [-0.3, -0.25) is 9.59 Å². The Kier molecular flexibility index (Phi) is 6.10. The first-order valence-electron chi connectivity index (χ1n) is 10.3. The quantitative estimate of drug-likeness (QED) is 0.436. The summed E-state index contributed by atoms with van der Waals surface area (Å²) in [6.45, 7) is 0.0970. The Morgan fingerprint density at radius 1 is 0.969 bits per heavy atom. The molecule has 0 spiro atoms. The van der Waals surface area contributed by atoms with Crippen LogP contribution in [-0.2, 0) is 21.7 Å². The molecule has 1 aliphatic heterocycles. The Morgan fingerprint density at radius 2 is 1.72 bits per heavy atom. The number of carbonyl (C=O) groups is 2. The molecule has 1 atom stereocenters. The molecule has 1 N–H and O–H groups in total. The Labute approximate surface area is 185 Å². The lowest BCUT2D eigenvalue weighted by Gasteiger charge is -2.22. The van der Waals surface area contributed by atoms with E-state index in [0.717, 1.165) is 5.56 Å². The van der Waals surface area contributed by atoms with Crippen molar-refractivity contribution in [2.24, 2.45) is 0 Å². The van der Waals surface area contributed by atoms with Gasteiger partial charge in [0, 0.05) is 5.56 Å². The van der Waals surface area contributed by atoms with Crippen LogP contribution in [0.5, 0.6) is 0 Å². The highest BCUT2D eigenvalue weighted by molar-refractivity contribution is 6.09. The van der Waals surface area contributed by atoms with Crippen LogP contribution in [0.4, 0.5) is 10.1 Å². The molecule has 4 rings (SSSR count). The minimum atomic E-state index is -1.96. The smallest absolute Gasteiger partial charge is 0.264 e. The largest absolute Gasteiger partial charge is 0.375 e. The Bertz CT molecular complexity index is 1200. The van der Waals surface area contributed by atoms with Gasteiger partial charge in [-0.05, 0) is 35.4 Å². The highest BCUT2D eigenvalue weighted by Crippen LogP contribution is 2.43. The summed E-state index contributed by atoms with van der Waals surface area (Å²) in [5.41, 5.74) is 0.521. The zero-order valence-corrected chi connectivity index (χ0v) is 17.3.